The molecule has 0 amide bonds. The molecule has 1 aromatic heterocycles. The van der Waals surface area contributed by atoms with E-state index in [-0.39, 0.29) is 18.2 Å². The number of nitrogens with zero attached hydrogens (tertiary/aromatic N) is 4. The van der Waals surface area contributed by atoms with Crippen LogP contribution in [-0.2, 0) is 14.8 Å². The second kappa shape index (κ2) is 8.16. The molecule has 2 aromatic rings. The van der Waals surface area contributed by atoms with Gasteiger partial charge >= 0.3 is 0 Å². The first kappa shape index (κ1) is 20.1. The van der Waals surface area contributed by atoms with Gasteiger partial charge in [0.2, 0.25) is 15.7 Å². The van der Waals surface area contributed by atoms with Crippen molar-refractivity contribution in [1.29, 1.82) is 0 Å². The minimum atomic E-state index is -3.63. The molecular weight excluding hydrogens is 385 g/mol. The number of fused-ring (bicyclic) bond motifs is 1. The fourth-order valence-corrected chi connectivity index (χ4v) is 4.50. The Bertz CT molecular complexity index is 1050. The summed E-state index contributed by atoms with van der Waals surface area (Å²) in [6.07, 6.45) is 3.03. The SMILES string of the molecule is [C-]#[N+]c1cc2c(N3CCCC(CNS(=O)(=O)CC(C)=O)C3)ncnc2cc1F. The lowest BCUT2D eigenvalue weighted by Crippen LogP contribution is -2.42. The van der Waals surface area contributed by atoms with Crippen LogP contribution in [0.3, 0.4) is 0 Å². The molecular formula is C18H20FN5O3S. The predicted octanol–water partition coefficient (Wildman–Crippen LogP) is 2.04. The quantitative estimate of drug-likeness (QED) is 0.739. The van der Waals surface area contributed by atoms with Crippen LogP contribution in [0.5, 0.6) is 0 Å². The number of aromatic nitrogens is 2. The summed E-state index contributed by atoms with van der Waals surface area (Å²) in [5.41, 5.74) is 0.327. The van der Waals surface area contributed by atoms with Crippen molar-refractivity contribution in [3.05, 3.63) is 35.7 Å². The molecule has 0 bridgehead atoms. The van der Waals surface area contributed by atoms with Gasteiger partial charge in [0.1, 0.15) is 29.5 Å². The third kappa shape index (κ3) is 4.61. The maximum atomic E-state index is 13.9. The van der Waals surface area contributed by atoms with Crippen LogP contribution in [0, 0.1) is 18.3 Å². The van der Waals surface area contributed by atoms with Crippen LogP contribution >= 0.6 is 0 Å². The molecule has 3 rings (SSSR count). The van der Waals surface area contributed by atoms with Crippen LogP contribution in [0.2, 0.25) is 0 Å². The van der Waals surface area contributed by atoms with Crippen LogP contribution in [0.25, 0.3) is 15.7 Å². The molecule has 148 valence electrons. The van der Waals surface area contributed by atoms with E-state index in [9.17, 15) is 17.6 Å². The Kier molecular flexibility index (Phi) is 5.86. The van der Waals surface area contributed by atoms with Gasteiger partial charge in [0, 0.05) is 25.0 Å². The van der Waals surface area contributed by atoms with E-state index in [0.717, 1.165) is 12.8 Å². The largest absolute Gasteiger partial charge is 0.356 e. The normalized spacial score (nSPS) is 17.5. The zero-order valence-electron chi connectivity index (χ0n) is 15.4. The van der Waals surface area contributed by atoms with E-state index in [2.05, 4.69) is 19.5 Å². The van der Waals surface area contributed by atoms with E-state index in [1.54, 1.807) is 0 Å². The number of hydrogen-bond donors (Lipinski definition) is 1. The Balaban J connectivity index is 1.79. The van der Waals surface area contributed by atoms with E-state index in [1.165, 1.54) is 25.4 Å². The highest BCUT2D eigenvalue weighted by Crippen LogP contribution is 2.31. The summed E-state index contributed by atoms with van der Waals surface area (Å²) in [5.74, 6) is -0.908. The number of sulfonamides is 1. The highest BCUT2D eigenvalue weighted by Gasteiger charge is 2.24. The summed E-state index contributed by atoms with van der Waals surface area (Å²) < 4.78 is 40.1. The molecule has 0 radical (unpaired) electrons. The average Bonchev–Trinajstić information content (AvgIpc) is 2.64. The Hall–Kier alpha value is -2.64. The number of nitrogens with one attached hydrogen (secondary N) is 1. The fraction of sp³-hybridized carbons (Fsp3) is 0.444. The first-order valence-corrected chi connectivity index (χ1v) is 10.5. The minimum absolute atomic E-state index is 0.0429. The lowest BCUT2D eigenvalue weighted by molar-refractivity contribution is -0.114. The predicted molar refractivity (Wildman–Crippen MR) is 103 cm³/mol. The lowest BCUT2D eigenvalue weighted by atomic mass is 9.98. The van der Waals surface area contributed by atoms with Gasteiger partial charge in [-0.1, -0.05) is 0 Å². The number of halogens is 1. The van der Waals surface area contributed by atoms with Crippen LogP contribution in [0.1, 0.15) is 19.8 Å². The second-order valence-corrected chi connectivity index (χ2v) is 8.70. The molecule has 1 atom stereocenters. The van der Waals surface area contributed by atoms with Gasteiger partial charge in [0.05, 0.1) is 12.1 Å². The number of rotatable bonds is 6. The Morgan fingerprint density at radius 3 is 2.93 bits per heavy atom. The summed E-state index contributed by atoms with van der Waals surface area (Å²) in [6, 6.07) is 2.68. The number of hydrogen-bond acceptors (Lipinski definition) is 6. The number of Topliss-reactive ketones (excluding diaryl/α,β-unsaturated/α-hetero) is 1. The standard InChI is InChI=1S/C18H20FN5O3S/c1-12(25)10-28(26,27)23-8-13-4-3-5-24(9-13)18-14-6-17(20-2)15(19)7-16(14)21-11-22-18/h6-7,11,13,23H,3-5,8-10H2,1H3. The van der Waals surface area contributed by atoms with E-state index in [0.29, 0.717) is 29.8 Å². The molecule has 0 aliphatic carbocycles. The third-order valence-electron chi connectivity index (χ3n) is 4.61. The van der Waals surface area contributed by atoms with Gasteiger partial charge in [-0.2, -0.15) is 0 Å². The van der Waals surface area contributed by atoms with Gasteiger partial charge in [-0.05, 0) is 37.8 Å². The van der Waals surface area contributed by atoms with Crippen molar-refractivity contribution in [2.24, 2.45) is 5.92 Å². The highest BCUT2D eigenvalue weighted by molar-refractivity contribution is 7.90. The number of carbonyl (C=O) groups is 1. The van der Waals surface area contributed by atoms with Crippen molar-refractivity contribution in [3.63, 3.8) is 0 Å². The number of piperidine rings is 1. The highest BCUT2D eigenvalue weighted by atomic mass is 32.2. The van der Waals surface area contributed by atoms with Gasteiger partial charge in [0.15, 0.2) is 0 Å². The van der Waals surface area contributed by atoms with E-state index >= 15 is 0 Å². The van der Waals surface area contributed by atoms with E-state index < -0.39 is 27.4 Å². The Morgan fingerprint density at radius 1 is 1.43 bits per heavy atom. The third-order valence-corrected chi connectivity index (χ3v) is 6.00. The number of benzene rings is 1. The summed E-state index contributed by atoms with van der Waals surface area (Å²) in [4.78, 5) is 24.7. The van der Waals surface area contributed by atoms with Crippen molar-refractivity contribution >= 4 is 38.2 Å². The first-order valence-electron chi connectivity index (χ1n) is 8.82. The molecule has 1 N–H and O–H groups in total. The monoisotopic (exact) mass is 405 g/mol. The molecule has 1 unspecified atom stereocenters. The van der Waals surface area contributed by atoms with Crippen molar-refractivity contribution in [1.82, 2.24) is 14.7 Å². The van der Waals surface area contributed by atoms with Crippen LogP contribution in [-0.4, -0.2) is 49.6 Å². The van der Waals surface area contributed by atoms with Crippen molar-refractivity contribution in [2.45, 2.75) is 19.8 Å². The maximum absolute atomic E-state index is 13.9. The van der Waals surface area contributed by atoms with Gasteiger partial charge < -0.3 is 4.90 Å². The summed E-state index contributed by atoms with van der Waals surface area (Å²) >= 11 is 0. The van der Waals surface area contributed by atoms with Gasteiger partial charge in [0.25, 0.3) is 0 Å². The molecule has 1 fully saturated rings. The van der Waals surface area contributed by atoms with Crippen molar-refractivity contribution < 1.29 is 17.6 Å². The minimum Gasteiger partial charge on any atom is -0.356 e. The zero-order valence-corrected chi connectivity index (χ0v) is 16.2. The van der Waals surface area contributed by atoms with Crippen LogP contribution in [0.15, 0.2) is 18.5 Å². The molecule has 28 heavy (non-hydrogen) atoms. The second-order valence-electron chi connectivity index (χ2n) is 6.89. The molecule has 1 aliphatic heterocycles. The van der Waals surface area contributed by atoms with E-state index in [4.69, 9.17) is 6.57 Å². The van der Waals surface area contributed by atoms with Crippen LogP contribution < -0.4 is 9.62 Å². The van der Waals surface area contributed by atoms with Gasteiger partial charge in [-0.3, -0.25) is 4.79 Å². The molecule has 1 aromatic carbocycles. The van der Waals surface area contributed by atoms with Gasteiger partial charge in [-0.25, -0.2) is 32.3 Å². The number of anilines is 1. The zero-order chi connectivity index (χ0) is 20.3. The molecule has 0 spiro atoms. The first-order chi connectivity index (χ1) is 13.3. The maximum Gasteiger partial charge on any atom is 0.222 e. The summed E-state index contributed by atoms with van der Waals surface area (Å²) in [6.45, 7) is 9.85. The molecule has 10 heteroatoms. The summed E-state index contributed by atoms with van der Waals surface area (Å²) in [7, 11) is -3.63. The molecule has 2 heterocycles. The Labute approximate surface area is 162 Å². The van der Waals surface area contributed by atoms with Gasteiger partial charge in [-0.15, -0.1) is 0 Å². The lowest BCUT2D eigenvalue weighted by Gasteiger charge is -2.34. The molecule has 1 saturated heterocycles. The average molecular weight is 405 g/mol. The summed E-state index contributed by atoms with van der Waals surface area (Å²) in [5, 5.41) is 0.590. The van der Waals surface area contributed by atoms with Crippen molar-refractivity contribution in [2.75, 3.05) is 30.3 Å². The topological polar surface area (TPSA) is 96.6 Å². The van der Waals surface area contributed by atoms with Crippen molar-refractivity contribution in [3.8, 4) is 0 Å². The molecule has 8 nitrogen and oxygen atoms in total. The van der Waals surface area contributed by atoms with Crippen LogP contribution in [0.4, 0.5) is 15.9 Å². The molecule has 1 aliphatic rings. The fourth-order valence-electron chi connectivity index (χ4n) is 3.38. The molecule has 0 saturated carbocycles. The smallest absolute Gasteiger partial charge is 0.222 e. The van der Waals surface area contributed by atoms with E-state index in [1.807, 2.05) is 4.90 Å². The number of carbonyl (C=O) groups excluding carboxylic acids is 1. The Morgan fingerprint density at radius 2 is 2.21 bits per heavy atom. The number of ketones is 1.